The predicted octanol–water partition coefficient (Wildman–Crippen LogP) is 2.88. The maximum Gasteiger partial charge on any atom is 0.254 e. The largest absolute Gasteiger partial charge is 0.336 e. The van der Waals surface area contributed by atoms with Gasteiger partial charge in [0, 0.05) is 18.3 Å². The van der Waals surface area contributed by atoms with Crippen LogP contribution in [0.5, 0.6) is 0 Å². The number of allylic oxidation sites excluding steroid dienone is 1. The Morgan fingerprint density at radius 3 is 2.63 bits per heavy atom. The summed E-state index contributed by atoms with van der Waals surface area (Å²) in [6.45, 7) is 4.05. The van der Waals surface area contributed by atoms with E-state index in [9.17, 15) is 4.79 Å². The van der Waals surface area contributed by atoms with E-state index in [-0.39, 0.29) is 5.56 Å². The van der Waals surface area contributed by atoms with Crippen molar-refractivity contribution in [1.29, 1.82) is 0 Å². The second kappa shape index (κ2) is 6.29. The average molecular weight is 272 g/mol. The molecule has 0 aliphatic rings. The van der Waals surface area contributed by atoms with Gasteiger partial charge in [0.1, 0.15) is 0 Å². The van der Waals surface area contributed by atoms with Gasteiger partial charge in [-0.25, -0.2) is 0 Å². The highest BCUT2D eigenvalue weighted by Gasteiger charge is 2.01. The van der Waals surface area contributed by atoms with Gasteiger partial charge in [0.25, 0.3) is 5.56 Å². The molecule has 0 amide bonds. The summed E-state index contributed by atoms with van der Waals surface area (Å²) < 4.78 is 1.95. The van der Waals surface area contributed by atoms with Crippen LogP contribution >= 0.6 is 12.2 Å². The zero-order valence-electron chi connectivity index (χ0n) is 10.6. The van der Waals surface area contributed by atoms with Gasteiger partial charge in [-0.15, -0.1) is 6.58 Å². The maximum absolute atomic E-state index is 11.9. The smallest absolute Gasteiger partial charge is 0.254 e. The first-order valence-electron chi connectivity index (χ1n) is 6.18. The number of nitrogens with zero attached hydrogens (tertiary/aromatic N) is 1. The quantitative estimate of drug-likeness (QED) is 0.671. The van der Waals surface area contributed by atoms with Crippen LogP contribution in [0.3, 0.4) is 0 Å². The van der Waals surface area contributed by atoms with Crippen LogP contribution in [-0.2, 0) is 19.4 Å². The zero-order chi connectivity index (χ0) is 13.7. The van der Waals surface area contributed by atoms with Crippen LogP contribution in [0.4, 0.5) is 0 Å². The van der Waals surface area contributed by atoms with E-state index >= 15 is 0 Å². The van der Waals surface area contributed by atoms with Crippen LogP contribution in [0, 0.1) is 4.77 Å². The Balaban J connectivity index is 2.16. The van der Waals surface area contributed by atoms with E-state index < -0.39 is 0 Å². The van der Waals surface area contributed by atoms with E-state index in [0.29, 0.717) is 11.3 Å². The molecular weight excluding hydrogens is 256 g/mol. The zero-order valence-corrected chi connectivity index (χ0v) is 11.5. The monoisotopic (exact) mass is 272 g/mol. The van der Waals surface area contributed by atoms with Gasteiger partial charge in [-0.3, -0.25) is 9.36 Å². The fraction of sp³-hybridized carbons (Fsp3) is 0.200. The number of rotatable bonds is 5. The molecule has 0 fully saturated rings. The Labute approximate surface area is 117 Å². The number of aryl methyl sites for hydroxylation is 2. The van der Waals surface area contributed by atoms with Crippen molar-refractivity contribution in [2.24, 2.45) is 0 Å². The Hall–Kier alpha value is -1.94. The minimum absolute atomic E-state index is 0.0771. The summed E-state index contributed by atoms with van der Waals surface area (Å²) in [4.78, 5) is 15.0. The summed E-state index contributed by atoms with van der Waals surface area (Å²) in [5.41, 5.74) is 2.04. The molecule has 3 nitrogen and oxygen atoms in total. The van der Waals surface area contributed by atoms with Gasteiger partial charge in [-0.05, 0) is 30.6 Å². The highest BCUT2D eigenvalue weighted by atomic mass is 32.1. The lowest BCUT2D eigenvalue weighted by Crippen LogP contribution is -2.21. The summed E-state index contributed by atoms with van der Waals surface area (Å²) in [5.74, 6) is 0. The maximum atomic E-state index is 11.9. The van der Waals surface area contributed by atoms with Crippen molar-refractivity contribution in [3.63, 3.8) is 0 Å². The Morgan fingerprint density at radius 2 is 2.00 bits per heavy atom. The first kappa shape index (κ1) is 13.5. The molecule has 1 aromatic heterocycles. The molecule has 2 aromatic rings. The molecule has 0 aliphatic heterocycles. The first-order chi connectivity index (χ1) is 9.20. The lowest BCUT2D eigenvalue weighted by molar-refractivity contribution is 0.721. The third-order valence-electron chi connectivity index (χ3n) is 2.91. The van der Waals surface area contributed by atoms with Crippen molar-refractivity contribution in [1.82, 2.24) is 9.55 Å². The Morgan fingerprint density at radius 1 is 1.26 bits per heavy atom. The molecule has 0 bridgehead atoms. The third-order valence-corrected chi connectivity index (χ3v) is 3.24. The first-order valence-corrected chi connectivity index (χ1v) is 6.59. The molecule has 2 rings (SSSR count). The molecular formula is C15H16N2OS. The summed E-state index contributed by atoms with van der Waals surface area (Å²) in [6.07, 6.45) is 3.32. The minimum Gasteiger partial charge on any atom is -0.336 e. The lowest BCUT2D eigenvalue weighted by Gasteiger charge is -2.06. The van der Waals surface area contributed by atoms with Crippen LogP contribution in [0.1, 0.15) is 11.3 Å². The van der Waals surface area contributed by atoms with E-state index in [2.05, 4.69) is 23.7 Å². The highest BCUT2D eigenvalue weighted by molar-refractivity contribution is 7.71. The van der Waals surface area contributed by atoms with Crippen molar-refractivity contribution >= 4 is 12.2 Å². The summed E-state index contributed by atoms with van der Waals surface area (Å²) in [6, 6.07) is 11.8. The summed E-state index contributed by atoms with van der Waals surface area (Å²) >= 11 is 5.18. The van der Waals surface area contributed by atoms with Crippen LogP contribution in [0.15, 0.2) is 53.8 Å². The van der Waals surface area contributed by atoms with E-state index in [4.69, 9.17) is 12.2 Å². The average Bonchev–Trinajstić information content (AvgIpc) is 2.42. The molecule has 0 unspecified atom stereocenters. The second-order valence-electron chi connectivity index (χ2n) is 4.32. The fourth-order valence-electron chi connectivity index (χ4n) is 1.93. The highest BCUT2D eigenvalue weighted by Crippen LogP contribution is 2.04. The molecule has 0 spiro atoms. The number of H-pyrrole nitrogens is 1. The van der Waals surface area contributed by atoms with Gasteiger partial charge in [0.05, 0.1) is 0 Å². The number of hydrogen-bond acceptors (Lipinski definition) is 2. The van der Waals surface area contributed by atoms with Crippen molar-refractivity contribution in [2.45, 2.75) is 19.4 Å². The van der Waals surface area contributed by atoms with E-state index in [0.717, 1.165) is 18.5 Å². The second-order valence-corrected chi connectivity index (χ2v) is 4.71. The van der Waals surface area contributed by atoms with Crippen LogP contribution in [0.25, 0.3) is 0 Å². The van der Waals surface area contributed by atoms with Gasteiger partial charge in [-0.2, -0.15) is 0 Å². The number of benzene rings is 1. The number of aromatic amines is 1. The molecule has 1 N–H and O–H groups in total. The Kier molecular flexibility index (Phi) is 4.47. The van der Waals surface area contributed by atoms with E-state index in [1.54, 1.807) is 12.1 Å². The number of nitrogens with one attached hydrogen (secondary N) is 1. The van der Waals surface area contributed by atoms with Gasteiger partial charge in [-0.1, -0.05) is 36.4 Å². The summed E-state index contributed by atoms with van der Waals surface area (Å²) in [5, 5.41) is 0. The third kappa shape index (κ3) is 3.51. The molecule has 4 heteroatoms. The van der Waals surface area contributed by atoms with Crippen molar-refractivity contribution in [3.8, 4) is 0 Å². The molecule has 0 saturated carbocycles. The molecule has 0 atom stereocenters. The molecule has 19 heavy (non-hydrogen) atoms. The van der Waals surface area contributed by atoms with Crippen molar-refractivity contribution in [3.05, 3.63) is 75.4 Å². The van der Waals surface area contributed by atoms with Crippen molar-refractivity contribution in [2.75, 3.05) is 0 Å². The van der Waals surface area contributed by atoms with Crippen LogP contribution < -0.4 is 5.56 Å². The van der Waals surface area contributed by atoms with Gasteiger partial charge in [0.15, 0.2) is 4.77 Å². The lowest BCUT2D eigenvalue weighted by atomic mass is 10.1. The molecule has 0 saturated heterocycles. The standard InChI is InChI=1S/C15H16N2OS/c1-2-10-17-14(18)11-13(16-15(17)19)9-8-12-6-4-3-5-7-12/h2-7,11H,1,8-10H2,(H,16,19). The molecule has 0 radical (unpaired) electrons. The summed E-state index contributed by atoms with van der Waals surface area (Å²) in [7, 11) is 0. The normalized spacial score (nSPS) is 10.3. The van der Waals surface area contributed by atoms with E-state index in [1.165, 1.54) is 10.1 Å². The minimum atomic E-state index is -0.0771. The predicted molar refractivity (Wildman–Crippen MR) is 79.9 cm³/mol. The van der Waals surface area contributed by atoms with Gasteiger partial charge in [0.2, 0.25) is 0 Å². The van der Waals surface area contributed by atoms with E-state index in [1.807, 2.05) is 18.2 Å². The molecule has 1 aromatic carbocycles. The van der Waals surface area contributed by atoms with Gasteiger partial charge < -0.3 is 4.98 Å². The number of aromatic nitrogens is 2. The molecule has 1 heterocycles. The van der Waals surface area contributed by atoms with Crippen molar-refractivity contribution < 1.29 is 0 Å². The Bertz CT molecular complexity index is 639. The van der Waals surface area contributed by atoms with Crippen LogP contribution in [-0.4, -0.2) is 9.55 Å². The van der Waals surface area contributed by atoms with Gasteiger partial charge >= 0.3 is 0 Å². The molecule has 98 valence electrons. The fourth-order valence-corrected chi connectivity index (χ4v) is 2.22. The molecule has 0 aliphatic carbocycles. The SMILES string of the molecule is C=CCn1c(=O)cc(CCc2ccccc2)[nH]c1=S. The van der Waals surface area contributed by atoms with Crippen LogP contribution in [0.2, 0.25) is 0 Å². The topological polar surface area (TPSA) is 37.8 Å². The number of hydrogen-bond donors (Lipinski definition) is 1.